The smallest absolute Gasteiger partial charge is 0.137 e. The van der Waals surface area contributed by atoms with Crippen LogP contribution in [0.1, 0.15) is 31.2 Å². The molecule has 2 N–H and O–H groups in total. The third kappa shape index (κ3) is 2.23. The third-order valence-electron chi connectivity index (χ3n) is 4.69. The van der Waals surface area contributed by atoms with Crippen LogP contribution < -0.4 is 5.73 Å². The molecule has 4 heteroatoms. The van der Waals surface area contributed by atoms with E-state index in [1.54, 1.807) is 0 Å². The summed E-state index contributed by atoms with van der Waals surface area (Å²) >= 11 is 0. The van der Waals surface area contributed by atoms with Gasteiger partial charge in [-0.25, -0.2) is 4.98 Å². The van der Waals surface area contributed by atoms with Gasteiger partial charge >= 0.3 is 0 Å². The van der Waals surface area contributed by atoms with Crippen molar-refractivity contribution in [1.82, 2.24) is 14.3 Å². The van der Waals surface area contributed by atoms with Crippen LogP contribution in [0.4, 0.5) is 0 Å². The van der Waals surface area contributed by atoms with Crippen LogP contribution in [0.15, 0.2) is 24.4 Å². The quantitative estimate of drug-likeness (QED) is 0.926. The molecule has 0 saturated carbocycles. The lowest BCUT2D eigenvalue weighted by molar-refractivity contribution is 0.141. The lowest BCUT2D eigenvalue weighted by Crippen LogP contribution is -2.52. The van der Waals surface area contributed by atoms with Gasteiger partial charge in [-0.05, 0) is 51.9 Å². The second kappa shape index (κ2) is 5.19. The highest BCUT2D eigenvalue weighted by atomic mass is 15.2. The number of nitrogens with zero attached hydrogens (tertiary/aromatic N) is 3. The molecule has 1 unspecified atom stereocenters. The van der Waals surface area contributed by atoms with E-state index in [2.05, 4.69) is 46.5 Å². The largest absolute Gasteiger partial charge is 0.329 e. The fourth-order valence-electron chi connectivity index (χ4n) is 3.31. The Balaban J connectivity index is 1.96. The summed E-state index contributed by atoms with van der Waals surface area (Å²) in [7, 11) is 0. The van der Waals surface area contributed by atoms with E-state index in [0.717, 1.165) is 17.8 Å². The van der Waals surface area contributed by atoms with Crippen LogP contribution in [0.3, 0.4) is 0 Å². The SMILES string of the molecule is Cc1nc2ccccn2c1CC(C)(CN)N1CCCC1. The minimum absolute atomic E-state index is 0.0348. The lowest BCUT2D eigenvalue weighted by atomic mass is 9.93. The molecule has 0 aliphatic carbocycles. The minimum atomic E-state index is 0.0348. The molecular weight excluding hydrogens is 248 g/mol. The first-order chi connectivity index (χ1) is 9.64. The first-order valence-corrected chi connectivity index (χ1v) is 7.52. The maximum atomic E-state index is 6.13. The Bertz CT molecular complexity index is 598. The Morgan fingerprint density at radius 3 is 2.75 bits per heavy atom. The van der Waals surface area contributed by atoms with E-state index in [1.807, 2.05) is 6.07 Å². The Kier molecular flexibility index (Phi) is 3.52. The molecular formula is C16H24N4. The summed E-state index contributed by atoms with van der Waals surface area (Å²) in [6.07, 6.45) is 5.65. The van der Waals surface area contributed by atoms with Gasteiger partial charge in [0.05, 0.1) is 5.69 Å². The number of fused-ring (bicyclic) bond motifs is 1. The summed E-state index contributed by atoms with van der Waals surface area (Å²) in [4.78, 5) is 7.21. The maximum Gasteiger partial charge on any atom is 0.137 e. The molecule has 1 fully saturated rings. The van der Waals surface area contributed by atoms with E-state index in [4.69, 9.17) is 5.73 Å². The highest BCUT2D eigenvalue weighted by molar-refractivity contribution is 5.43. The molecule has 1 atom stereocenters. The molecule has 3 heterocycles. The zero-order valence-corrected chi connectivity index (χ0v) is 12.5. The fourth-order valence-corrected chi connectivity index (χ4v) is 3.31. The number of aromatic nitrogens is 2. The van der Waals surface area contributed by atoms with Gasteiger partial charge in [0, 0.05) is 30.4 Å². The fraction of sp³-hybridized carbons (Fsp3) is 0.562. The molecule has 1 saturated heterocycles. The Labute approximate surface area is 120 Å². The van der Waals surface area contributed by atoms with Gasteiger partial charge in [0.25, 0.3) is 0 Å². The van der Waals surface area contributed by atoms with Gasteiger partial charge in [0.15, 0.2) is 0 Å². The first-order valence-electron chi connectivity index (χ1n) is 7.52. The molecule has 0 radical (unpaired) electrons. The van der Waals surface area contributed by atoms with Crippen molar-refractivity contribution in [3.8, 4) is 0 Å². The molecule has 108 valence electrons. The number of nitrogens with two attached hydrogens (primary N) is 1. The zero-order valence-electron chi connectivity index (χ0n) is 12.5. The Hall–Kier alpha value is -1.39. The molecule has 0 bridgehead atoms. The van der Waals surface area contributed by atoms with E-state index in [1.165, 1.54) is 31.6 Å². The third-order valence-corrected chi connectivity index (χ3v) is 4.69. The van der Waals surface area contributed by atoms with Crippen LogP contribution in [-0.2, 0) is 6.42 Å². The van der Waals surface area contributed by atoms with E-state index in [9.17, 15) is 0 Å². The summed E-state index contributed by atoms with van der Waals surface area (Å²) in [6, 6.07) is 6.16. The molecule has 2 aromatic heterocycles. The van der Waals surface area contributed by atoms with Crippen molar-refractivity contribution in [1.29, 1.82) is 0 Å². The molecule has 20 heavy (non-hydrogen) atoms. The van der Waals surface area contributed by atoms with Crippen molar-refractivity contribution < 1.29 is 0 Å². The topological polar surface area (TPSA) is 46.6 Å². The number of pyridine rings is 1. The van der Waals surface area contributed by atoms with Crippen LogP contribution in [0.25, 0.3) is 5.65 Å². The molecule has 4 nitrogen and oxygen atoms in total. The highest BCUT2D eigenvalue weighted by Gasteiger charge is 2.34. The van der Waals surface area contributed by atoms with E-state index in [0.29, 0.717) is 6.54 Å². The van der Waals surface area contributed by atoms with Crippen molar-refractivity contribution >= 4 is 5.65 Å². The maximum absolute atomic E-state index is 6.13. The summed E-state index contributed by atoms with van der Waals surface area (Å²) in [5, 5.41) is 0. The van der Waals surface area contributed by atoms with E-state index < -0.39 is 0 Å². The van der Waals surface area contributed by atoms with Crippen molar-refractivity contribution in [2.45, 2.75) is 38.6 Å². The van der Waals surface area contributed by atoms with Crippen molar-refractivity contribution in [3.63, 3.8) is 0 Å². The van der Waals surface area contributed by atoms with Gasteiger partial charge < -0.3 is 10.1 Å². The zero-order chi connectivity index (χ0) is 14.2. The Morgan fingerprint density at radius 2 is 2.05 bits per heavy atom. The molecule has 2 aromatic rings. The summed E-state index contributed by atoms with van der Waals surface area (Å²) in [5.74, 6) is 0. The van der Waals surface area contributed by atoms with Crippen LogP contribution in [-0.4, -0.2) is 39.5 Å². The van der Waals surface area contributed by atoms with Gasteiger partial charge in [-0.15, -0.1) is 0 Å². The number of aryl methyl sites for hydroxylation is 1. The lowest BCUT2D eigenvalue weighted by Gasteiger charge is -2.38. The predicted molar refractivity (Wildman–Crippen MR) is 81.9 cm³/mol. The summed E-state index contributed by atoms with van der Waals surface area (Å²) in [5.41, 5.74) is 9.60. The number of hydrogen-bond donors (Lipinski definition) is 1. The summed E-state index contributed by atoms with van der Waals surface area (Å²) < 4.78 is 2.21. The van der Waals surface area contributed by atoms with E-state index in [-0.39, 0.29) is 5.54 Å². The van der Waals surface area contributed by atoms with Gasteiger partial charge in [0.1, 0.15) is 5.65 Å². The Morgan fingerprint density at radius 1 is 1.30 bits per heavy atom. The van der Waals surface area contributed by atoms with Crippen molar-refractivity contribution in [2.75, 3.05) is 19.6 Å². The average Bonchev–Trinajstić information content (AvgIpc) is 3.08. The van der Waals surface area contributed by atoms with Crippen LogP contribution in [0, 0.1) is 6.92 Å². The molecule has 1 aliphatic rings. The molecule has 1 aliphatic heterocycles. The number of imidazole rings is 1. The predicted octanol–water partition coefficient (Wildman–Crippen LogP) is 2.00. The second-order valence-corrected chi connectivity index (χ2v) is 6.14. The normalized spacial score (nSPS) is 19.6. The summed E-state index contributed by atoms with van der Waals surface area (Å²) in [6.45, 7) is 7.42. The van der Waals surface area contributed by atoms with Crippen molar-refractivity contribution in [3.05, 3.63) is 35.8 Å². The second-order valence-electron chi connectivity index (χ2n) is 6.14. The number of rotatable bonds is 4. The van der Waals surface area contributed by atoms with Crippen LogP contribution in [0.2, 0.25) is 0 Å². The molecule has 0 amide bonds. The van der Waals surface area contributed by atoms with Crippen molar-refractivity contribution in [2.24, 2.45) is 5.73 Å². The number of hydrogen-bond acceptors (Lipinski definition) is 3. The first kappa shape index (κ1) is 13.6. The van der Waals surface area contributed by atoms with Gasteiger partial charge in [-0.3, -0.25) is 4.90 Å². The molecule has 0 aromatic carbocycles. The average molecular weight is 272 g/mol. The monoisotopic (exact) mass is 272 g/mol. The molecule has 0 spiro atoms. The molecule has 3 rings (SSSR count). The van der Waals surface area contributed by atoms with Crippen LogP contribution in [0.5, 0.6) is 0 Å². The number of likely N-dealkylation sites (tertiary alicyclic amines) is 1. The van der Waals surface area contributed by atoms with Gasteiger partial charge in [0.2, 0.25) is 0 Å². The van der Waals surface area contributed by atoms with Gasteiger partial charge in [-0.1, -0.05) is 6.07 Å². The van der Waals surface area contributed by atoms with E-state index >= 15 is 0 Å². The van der Waals surface area contributed by atoms with Gasteiger partial charge in [-0.2, -0.15) is 0 Å². The standard InChI is InChI=1S/C16H24N4/c1-13-14(20-10-4-3-7-15(20)18-13)11-16(2,12-17)19-8-5-6-9-19/h3-4,7,10H,5-6,8-9,11-12,17H2,1-2H3. The highest BCUT2D eigenvalue weighted by Crippen LogP contribution is 2.26. The minimum Gasteiger partial charge on any atom is -0.329 e. The van der Waals surface area contributed by atoms with Crippen LogP contribution >= 0.6 is 0 Å².